The molecule has 0 saturated heterocycles. The standard InChI is InChI=1S/C15H11N3S/c16-8-11-6-14(19-10-11)9-18-13-3-4-15-12(7-13)2-1-5-17-15/h1-7,10,18H,9H2. The first kappa shape index (κ1) is 11.7. The summed E-state index contributed by atoms with van der Waals surface area (Å²) in [6.07, 6.45) is 1.80. The third-order valence-electron chi connectivity index (χ3n) is 2.85. The smallest absolute Gasteiger partial charge is 0.100 e. The van der Waals surface area contributed by atoms with Crippen molar-refractivity contribution < 1.29 is 0 Å². The van der Waals surface area contributed by atoms with Crippen LogP contribution in [0.2, 0.25) is 0 Å². The topological polar surface area (TPSA) is 48.7 Å². The predicted molar refractivity (Wildman–Crippen MR) is 78.1 cm³/mol. The maximum atomic E-state index is 8.78. The second-order valence-corrected chi connectivity index (χ2v) is 5.17. The number of hydrogen-bond donors (Lipinski definition) is 1. The van der Waals surface area contributed by atoms with Crippen molar-refractivity contribution in [2.24, 2.45) is 0 Å². The van der Waals surface area contributed by atoms with Gasteiger partial charge in [0.2, 0.25) is 0 Å². The van der Waals surface area contributed by atoms with E-state index in [1.54, 1.807) is 17.5 Å². The number of pyridine rings is 1. The number of nitrogens with one attached hydrogen (secondary N) is 1. The first-order valence-corrected chi connectivity index (χ1v) is 6.79. The monoisotopic (exact) mass is 265 g/mol. The average molecular weight is 265 g/mol. The normalized spacial score (nSPS) is 10.3. The lowest BCUT2D eigenvalue weighted by atomic mass is 10.2. The largest absolute Gasteiger partial charge is 0.380 e. The molecule has 4 heteroatoms. The molecule has 3 rings (SSSR count). The van der Waals surface area contributed by atoms with E-state index in [4.69, 9.17) is 5.26 Å². The molecule has 0 atom stereocenters. The zero-order valence-corrected chi connectivity index (χ0v) is 10.9. The molecule has 0 amide bonds. The lowest BCUT2D eigenvalue weighted by molar-refractivity contribution is 1.19. The highest BCUT2D eigenvalue weighted by Crippen LogP contribution is 2.19. The average Bonchev–Trinajstić information content (AvgIpc) is 2.93. The fourth-order valence-corrected chi connectivity index (χ4v) is 2.66. The molecule has 0 spiro atoms. The third kappa shape index (κ3) is 2.56. The van der Waals surface area contributed by atoms with Crippen LogP contribution in [0.5, 0.6) is 0 Å². The maximum absolute atomic E-state index is 8.78. The molecule has 3 nitrogen and oxygen atoms in total. The van der Waals surface area contributed by atoms with Gasteiger partial charge in [0, 0.05) is 34.1 Å². The molecule has 92 valence electrons. The highest BCUT2D eigenvalue weighted by Gasteiger charge is 2.00. The van der Waals surface area contributed by atoms with Gasteiger partial charge in [-0.1, -0.05) is 6.07 Å². The second kappa shape index (κ2) is 5.09. The minimum absolute atomic E-state index is 0.726. The number of aromatic nitrogens is 1. The minimum atomic E-state index is 0.726. The van der Waals surface area contributed by atoms with E-state index in [2.05, 4.69) is 22.4 Å². The van der Waals surface area contributed by atoms with Crippen LogP contribution in [0.4, 0.5) is 5.69 Å². The number of hydrogen-bond acceptors (Lipinski definition) is 4. The Hall–Kier alpha value is -2.38. The number of anilines is 1. The number of nitrogens with zero attached hydrogens (tertiary/aromatic N) is 2. The molecule has 19 heavy (non-hydrogen) atoms. The van der Waals surface area contributed by atoms with Crippen molar-refractivity contribution in [3.63, 3.8) is 0 Å². The number of benzene rings is 1. The molecule has 2 aromatic heterocycles. The van der Waals surface area contributed by atoms with E-state index in [0.717, 1.165) is 33.6 Å². The molecule has 0 radical (unpaired) electrons. The number of nitriles is 1. The van der Waals surface area contributed by atoms with Crippen molar-refractivity contribution in [3.05, 3.63) is 58.4 Å². The zero-order chi connectivity index (χ0) is 13.1. The van der Waals surface area contributed by atoms with Crippen LogP contribution in [0.3, 0.4) is 0 Å². The Kier molecular flexibility index (Phi) is 3.13. The van der Waals surface area contributed by atoms with Crippen LogP contribution >= 0.6 is 11.3 Å². The number of fused-ring (bicyclic) bond motifs is 1. The van der Waals surface area contributed by atoms with Gasteiger partial charge in [0.15, 0.2) is 0 Å². The SMILES string of the molecule is N#Cc1csc(CNc2ccc3ncccc3c2)c1. The van der Waals surface area contributed by atoms with Gasteiger partial charge < -0.3 is 5.32 Å². The Bertz CT molecular complexity index is 755. The maximum Gasteiger partial charge on any atom is 0.100 e. The van der Waals surface area contributed by atoms with Crippen LogP contribution in [-0.4, -0.2) is 4.98 Å². The second-order valence-electron chi connectivity index (χ2n) is 4.18. The van der Waals surface area contributed by atoms with Crippen LogP contribution < -0.4 is 5.32 Å². The van der Waals surface area contributed by atoms with Crippen LogP contribution in [0, 0.1) is 11.3 Å². The molecule has 0 fully saturated rings. The van der Waals surface area contributed by atoms with Gasteiger partial charge in [0.1, 0.15) is 6.07 Å². The molecule has 1 aromatic carbocycles. The Balaban J connectivity index is 1.76. The van der Waals surface area contributed by atoms with Gasteiger partial charge in [-0.15, -0.1) is 11.3 Å². The van der Waals surface area contributed by atoms with Crippen LogP contribution in [0.15, 0.2) is 48.0 Å². The molecule has 0 saturated carbocycles. The van der Waals surface area contributed by atoms with Crippen LogP contribution in [0.1, 0.15) is 10.4 Å². The molecule has 0 unspecified atom stereocenters. The summed E-state index contributed by atoms with van der Waals surface area (Å²) in [5, 5.41) is 15.1. The van der Waals surface area contributed by atoms with E-state index in [1.807, 2.05) is 35.7 Å². The highest BCUT2D eigenvalue weighted by atomic mass is 32.1. The summed E-state index contributed by atoms with van der Waals surface area (Å²) in [6, 6.07) is 14.2. The van der Waals surface area contributed by atoms with Gasteiger partial charge in [0.25, 0.3) is 0 Å². The van der Waals surface area contributed by atoms with E-state index >= 15 is 0 Å². The molecule has 1 N–H and O–H groups in total. The Morgan fingerprint density at radius 3 is 3.05 bits per heavy atom. The number of thiophene rings is 1. The van der Waals surface area contributed by atoms with Gasteiger partial charge in [-0.05, 0) is 30.3 Å². The Labute approximate surface area is 115 Å². The fraction of sp³-hybridized carbons (Fsp3) is 0.0667. The summed E-state index contributed by atoms with van der Waals surface area (Å²) in [5.41, 5.74) is 2.79. The van der Waals surface area contributed by atoms with Crippen molar-refractivity contribution in [3.8, 4) is 6.07 Å². The van der Waals surface area contributed by atoms with Gasteiger partial charge in [-0.25, -0.2) is 0 Å². The van der Waals surface area contributed by atoms with Crippen molar-refractivity contribution in [1.82, 2.24) is 4.98 Å². The quantitative estimate of drug-likeness (QED) is 0.784. The van der Waals surface area contributed by atoms with Crippen molar-refractivity contribution in [2.45, 2.75) is 6.54 Å². The number of rotatable bonds is 3. The Morgan fingerprint density at radius 1 is 1.26 bits per heavy atom. The van der Waals surface area contributed by atoms with Crippen molar-refractivity contribution >= 4 is 27.9 Å². The van der Waals surface area contributed by atoms with Crippen molar-refractivity contribution in [2.75, 3.05) is 5.32 Å². The zero-order valence-electron chi connectivity index (χ0n) is 10.1. The summed E-state index contributed by atoms with van der Waals surface area (Å²) < 4.78 is 0. The molecule has 0 aliphatic heterocycles. The summed E-state index contributed by atoms with van der Waals surface area (Å²) in [7, 11) is 0. The Morgan fingerprint density at radius 2 is 2.21 bits per heavy atom. The van der Waals surface area contributed by atoms with E-state index < -0.39 is 0 Å². The van der Waals surface area contributed by atoms with Crippen molar-refractivity contribution in [1.29, 1.82) is 5.26 Å². The third-order valence-corrected chi connectivity index (χ3v) is 3.79. The molecule has 3 aromatic rings. The summed E-state index contributed by atoms with van der Waals surface area (Å²) in [5.74, 6) is 0. The summed E-state index contributed by atoms with van der Waals surface area (Å²) in [4.78, 5) is 5.45. The lowest BCUT2D eigenvalue weighted by Crippen LogP contribution is -1.97. The molecule has 2 heterocycles. The van der Waals surface area contributed by atoms with Gasteiger partial charge in [-0.3, -0.25) is 4.98 Å². The van der Waals surface area contributed by atoms with E-state index in [9.17, 15) is 0 Å². The van der Waals surface area contributed by atoms with E-state index in [-0.39, 0.29) is 0 Å². The summed E-state index contributed by atoms with van der Waals surface area (Å²) in [6.45, 7) is 0.734. The van der Waals surface area contributed by atoms with E-state index in [1.165, 1.54) is 0 Å². The van der Waals surface area contributed by atoms with E-state index in [0.29, 0.717) is 0 Å². The van der Waals surface area contributed by atoms with Crippen LogP contribution in [0.25, 0.3) is 10.9 Å². The minimum Gasteiger partial charge on any atom is -0.380 e. The highest BCUT2D eigenvalue weighted by molar-refractivity contribution is 7.10. The molecule has 0 aliphatic carbocycles. The van der Waals surface area contributed by atoms with Gasteiger partial charge >= 0.3 is 0 Å². The fourth-order valence-electron chi connectivity index (χ4n) is 1.91. The lowest BCUT2D eigenvalue weighted by Gasteiger charge is -2.05. The first-order chi connectivity index (χ1) is 9.35. The van der Waals surface area contributed by atoms with Gasteiger partial charge in [0.05, 0.1) is 11.1 Å². The van der Waals surface area contributed by atoms with Crippen LogP contribution in [-0.2, 0) is 6.54 Å². The molecular formula is C15H11N3S. The molecule has 0 aliphatic rings. The van der Waals surface area contributed by atoms with Gasteiger partial charge in [-0.2, -0.15) is 5.26 Å². The first-order valence-electron chi connectivity index (χ1n) is 5.91. The predicted octanol–water partition coefficient (Wildman–Crippen LogP) is 3.78. The molecular weight excluding hydrogens is 254 g/mol. The molecule has 0 bridgehead atoms. The summed E-state index contributed by atoms with van der Waals surface area (Å²) >= 11 is 1.60.